The zero-order valence-corrected chi connectivity index (χ0v) is 11.3. The second-order valence-corrected chi connectivity index (χ2v) is 5.54. The Morgan fingerprint density at radius 1 is 1.21 bits per heavy atom. The van der Waals surface area contributed by atoms with E-state index in [0.29, 0.717) is 25.9 Å². The van der Waals surface area contributed by atoms with Gasteiger partial charge in [-0.25, -0.2) is 0 Å². The molecule has 2 aliphatic rings. The van der Waals surface area contributed by atoms with Gasteiger partial charge < -0.3 is 14.7 Å². The third kappa shape index (κ3) is 4.20. The standard InChI is InChI=1S/C14H23NO4/c16-13(7-6-12-5-1-2-9-19-12)15-8-3-4-11(10-15)14(17)18/h11-12H,1-10H2,(H,17,18)/t11-,12?/m1/s1. The van der Waals surface area contributed by atoms with Crippen LogP contribution < -0.4 is 0 Å². The molecule has 2 saturated heterocycles. The number of carboxylic acids is 1. The van der Waals surface area contributed by atoms with Crippen molar-refractivity contribution >= 4 is 11.9 Å². The summed E-state index contributed by atoms with van der Waals surface area (Å²) in [5.41, 5.74) is 0. The summed E-state index contributed by atoms with van der Waals surface area (Å²) in [6, 6.07) is 0. The molecule has 2 atom stereocenters. The summed E-state index contributed by atoms with van der Waals surface area (Å²) in [5, 5.41) is 9.01. The van der Waals surface area contributed by atoms with Gasteiger partial charge in [0.2, 0.25) is 5.91 Å². The van der Waals surface area contributed by atoms with Crippen molar-refractivity contribution in [3.63, 3.8) is 0 Å². The van der Waals surface area contributed by atoms with Crippen molar-refractivity contribution in [2.45, 2.75) is 51.0 Å². The second-order valence-electron chi connectivity index (χ2n) is 5.54. The van der Waals surface area contributed by atoms with Crippen LogP contribution in [0.15, 0.2) is 0 Å². The minimum atomic E-state index is -0.784. The molecule has 0 radical (unpaired) electrons. The lowest BCUT2D eigenvalue weighted by molar-refractivity contribution is -0.145. The van der Waals surface area contributed by atoms with E-state index >= 15 is 0 Å². The van der Waals surface area contributed by atoms with Gasteiger partial charge >= 0.3 is 5.97 Å². The smallest absolute Gasteiger partial charge is 0.308 e. The molecule has 5 nitrogen and oxygen atoms in total. The summed E-state index contributed by atoms with van der Waals surface area (Å²) >= 11 is 0. The molecule has 0 aliphatic carbocycles. The van der Waals surface area contributed by atoms with Gasteiger partial charge in [0.25, 0.3) is 0 Å². The van der Waals surface area contributed by atoms with Crippen LogP contribution in [0.3, 0.4) is 0 Å². The number of carbonyl (C=O) groups excluding carboxylic acids is 1. The predicted octanol–water partition coefficient (Wildman–Crippen LogP) is 1.66. The highest BCUT2D eigenvalue weighted by Crippen LogP contribution is 2.20. The first-order valence-electron chi connectivity index (χ1n) is 7.29. The first kappa shape index (κ1) is 14.3. The van der Waals surface area contributed by atoms with Crippen molar-refractivity contribution in [2.75, 3.05) is 19.7 Å². The number of ether oxygens (including phenoxy) is 1. The number of amides is 1. The van der Waals surface area contributed by atoms with Crippen molar-refractivity contribution in [1.82, 2.24) is 4.90 Å². The van der Waals surface area contributed by atoms with Crippen LogP contribution in [0, 0.1) is 5.92 Å². The molecule has 1 N–H and O–H groups in total. The van der Waals surface area contributed by atoms with E-state index in [-0.39, 0.29) is 17.9 Å². The van der Waals surface area contributed by atoms with Gasteiger partial charge in [-0.1, -0.05) is 0 Å². The molecule has 2 fully saturated rings. The van der Waals surface area contributed by atoms with Crippen molar-refractivity contribution in [3.05, 3.63) is 0 Å². The minimum Gasteiger partial charge on any atom is -0.481 e. The molecule has 19 heavy (non-hydrogen) atoms. The number of carbonyl (C=O) groups is 2. The van der Waals surface area contributed by atoms with Crippen LogP contribution in [-0.2, 0) is 14.3 Å². The molecule has 0 aromatic carbocycles. The average molecular weight is 269 g/mol. The Morgan fingerprint density at radius 3 is 2.74 bits per heavy atom. The number of piperidine rings is 1. The summed E-state index contributed by atoms with van der Waals surface area (Å²) in [6.07, 6.45) is 6.31. The fraction of sp³-hybridized carbons (Fsp3) is 0.857. The highest BCUT2D eigenvalue weighted by atomic mass is 16.5. The van der Waals surface area contributed by atoms with Crippen LogP contribution in [0.25, 0.3) is 0 Å². The number of hydrogen-bond acceptors (Lipinski definition) is 3. The summed E-state index contributed by atoms with van der Waals surface area (Å²) in [4.78, 5) is 24.8. The maximum Gasteiger partial charge on any atom is 0.308 e. The van der Waals surface area contributed by atoms with E-state index < -0.39 is 5.97 Å². The molecule has 2 heterocycles. The van der Waals surface area contributed by atoms with Gasteiger partial charge in [-0.2, -0.15) is 0 Å². The van der Waals surface area contributed by atoms with Crippen molar-refractivity contribution in [2.24, 2.45) is 5.92 Å². The van der Waals surface area contributed by atoms with E-state index in [1.165, 1.54) is 6.42 Å². The third-order valence-corrected chi connectivity index (χ3v) is 4.08. The van der Waals surface area contributed by atoms with E-state index in [1.54, 1.807) is 4.90 Å². The number of hydrogen-bond donors (Lipinski definition) is 1. The SMILES string of the molecule is O=C(O)[C@@H]1CCCN(C(=O)CCC2CCCCO2)C1. The number of rotatable bonds is 4. The Balaban J connectivity index is 1.74. The molecule has 1 amide bonds. The van der Waals surface area contributed by atoms with Gasteiger partial charge in [0.15, 0.2) is 0 Å². The molecule has 0 spiro atoms. The van der Waals surface area contributed by atoms with E-state index in [1.807, 2.05) is 0 Å². The predicted molar refractivity (Wildman–Crippen MR) is 69.8 cm³/mol. The number of likely N-dealkylation sites (tertiary alicyclic amines) is 1. The van der Waals surface area contributed by atoms with Gasteiger partial charge in [0.05, 0.1) is 12.0 Å². The second kappa shape index (κ2) is 6.89. The highest BCUT2D eigenvalue weighted by molar-refractivity contribution is 5.78. The molecule has 2 rings (SSSR count). The Bertz CT molecular complexity index is 325. The van der Waals surface area contributed by atoms with Crippen LogP contribution >= 0.6 is 0 Å². The Labute approximate surface area is 113 Å². The van der Waals surface area contributed by atoms with Crippen LogP contribution in [0.5, 0.6) is 0 Å². The van der Waals surface area contributed by atoms with Crippen LogP contribution in [-0.4, -0.2) is 47.7 Å². The van der Waals surface area contributed by atoms with Crippen molar-refractivity contribution in [1.29, 1.82) is 0 Å². The molecular weight excluding hydrogens is 246 g/mol. The lowest BCUT2D eigenvalue weighted by Gasteiger charge is -2.31. The minimum absolute atomic E-state index is 0.0834. The Kier molecular flexibility index (Phi) is 5.19. The summed E-state index contributed by atoms with van der Waals surface area (Å²) in [6.45, 7) is 1.89. The summed E-state index contributed by atoms with van der Waals surface area (Å²) < 4.78 is 5.61. The van der Waals surface area contributed by atoms with Gasteiger partial charge in [-0.3, -0.25) is 9.59 Å². The third-order valence-electron chi connectivity index (χ3n) is 4.08. The zero-order chi connectivity index (χ0) is 13.7. The van der Waals surface area contributed by atoms with E-state index in [4.69, 9.17) is 9.84 Å². The van der Waals surface area contributed by atoms with Gasteiger partial charge in [0.1, 0.15) is 0 Å². The molecule has 5 heteroatoms. The van der Waals surface area contributed by atoms with Gasteiger partial charge in [-0.05, 0) is 38.5 Å². The maximum atomic E-state index is 12.1. The quantitative estimate of drug-likeness (QED) is 0.843. The Hall–Kier alpha value is -1.10. The topological polar surface area (TPSA) is 66.8 Å². The molecule has 2 aliphatic heterocycles. The Morgan fingerprint density at radius 2 is 2.05 bits per heavy atom. The highest BCUT2D eigenvalue weighted by Gasteiger charge is 2.28. The molecule has 0 bridgehead atoms. The van der Waals surface area contributed by atoms with E-state index in [9.17, 15) is 9.59 Å². The zero-order valence-electron chi connectivity index (χ0n) is 11.3. The molecular formula is C14H23NO4. The average Bonchev–Trinajstić information content (AvgIpc) is 2.46. The number of carboxylic acid groups (broad SMARTS) is 1. The lowest BCUT2D eigenvalue weighted by Crippen LogP contribution is -2.42. The van der Waals surface area contributed by atoms with Crippen molar-refractivity contribution < 1.29 is 19.4 Å². The van der Waals surface area contributed by atoms with Crippen LogP contribution in [0.4, 0.5) is 0 Å². The van der Waals surface area contributed by atoms with Crippen molar-refractivity contribution in [3.8, 4) is 0 Å². The molecule has 108 valence electrons. The summed E-state index contributed by atoms with van der Waals surface area (Å²) in [5.74, 6) is -1.09. The first-order valence-corrected chi connectivity index (χ1v) is 7.29. The lowest BCUT2D eigenvalue weighted by atomic mass is 9.97. The fourth-order valence-electron chi connectivity index (χ4n) is 2.88. The molecule has 0 aromatic heterocycles. The normalized spacial score (nSPS) is 28.1. The molecule has 0 aromatic rings. The first-order chi connectivity index (χ1) is 9.16. The van der Waals surface area contributed by atoms with Crippen LogP contribution in [0.1, 0.15) is 44.9 Å². The van der Waals surface area contributed by atoms with E-state index in [0.717, 1.165) is 32.3 Å². The van der Waals surface area contributed by atoms with E-state index in [2.05, 4.69) is 0 Å². The fourth-order valence-corrected chi connectivity index (χ4v) is 2.88. The summed E-state index contributed by atoms with van der Waals surface area (Å²) in [7, 11) is 0. The monoisotopic (exact) mass is 269 g/mol. The molecule has 1 unspecified atom stereocenters. The molecule has 0 saturated carbocycles. The number of aliphatic carboxylic acids is 1. The maximum absolute atomic E-state index is 12.1. The number of nitrogens with zero attached hydrogens (tertiary/aromatic N) is 1. The van der Waals surface area contributed by atoms with Gasteiger partial charge in [-0.15, -0.1) is 0 Å². The van der Waals surface area contributed by atoms with Crippen LogP contribution in [0.2, 0.25) is 0 Å². The largest absolute Gasteiger partial charge is 0.481 e. The van der Waals surface area contributed by atoms with Gasteiger partial charge in [0, 0.05) is 26.1 Å².